The van der Waals surface area contributed by atoms with E-state index >= 15 is 0 Å². The van der Waals surface area contributed by atoms with Crippen LogP contribution in [0, 0.1) is 0 Å². The molecule has 1 atom stereocenters. The Kier molecular flexibility index (Phi) is 3.79. The highest BCUT2D eigenvalue weighted by Gasteiger charge is 2.09. The molecule has 0 rings (SSSR count). The molecule has 0 saturated heterocycles. The molecule has 0 aliphatic heterocycles. The summed E-state index contributed by atoms with van der Waals surface area (Å²) in [6, 6.07) is 0. The Labute approximate surface area is 60.4 Å². The second-order valence-corrected chi connectivity index (χ2v) is 2.20. The quantitative estimate of drug-likeness (QED) is 0.601. The number of ether oxygens (including phenoxy) is 1. The van der Waals surface area contributed by atoms with E-state index in [1.54, 1.807) is 14.0 Å². The molecule has 0 radical (unpaired) electrons. The first kappa shape index (κ1) is 9.23. The SMILES string of the molecule is COC(=O)N(C)CC(C)O. The average Bonchev–Trinajstić information content (AvgIpc) is 1.85. The molecule has 60 valence electrons. The number of likely N-dealkylation sites (N-methyl/N-ethyl adjacent to an activating group) is 1. The molecule has 0 bridgehead atoms. The third-order valence-electron chi connectivity index (χ3n) is 1.02. The van der Waals surface area contributed by atoms with Crippen LogP contribution in [0.2, 0.25) is 0 Å². The minimum absolute atomic E-state index is 0.298. The molecule has 4 nitrogen and oxygen atoms in total. The molecule has 0 aromatic rings. The number of hydrogen-bond acceptors (Lipinski definition) is 3. The maximum Gasteiger partial charge on any atom is 0.409 e. The highest BCUT2D eigenvalue weighted by atomic mass is 16.5. The number of amides is 1. The van der Waals surface area contributed by atoms with Crippen LogP contribution in [0.4, 0.5) is 4.79 Å². The summed E-state index contributed by atoms with van der Waals surface area (Å²) < 4.78 is 4.39. The first-order chi connectivity index (χ1) is 4.57. The van der Waals surface area contributed by atoms with Crippen LogP contribution in [-0.4, -0.2) is 42.9 Å². The van der Waals surface area contributed by atoms with Crippen molar-refractivity contribution in [3.8, 4) is 0 Å². The topological polar surface area (TPSA) is 49.8 Å². The zero-order chi connectivity index (χ0) is 8.15. The van der Waals surface area contributed by atoms with Crippen molar-refractivity contribution in [1.82, 2.24) is 4.90 Å². The van der Waals surface area contributed by atoms with Crippen molar-refractivity contribution in [3.05, 3.63) is 0 Å². The molecule has 1 N–H and O–H groups in total. The fourth-order valence-electron chi connectivity index (χ4n) is 0.627. The Morgan fingerprint density at radius 2 is 2.30 bits per heavy atom. The predicted molar refractivity (Wildman–Crippen MR) is 36.7 cm³/mol. The Bertz CT molecular complexity index is 114. The number of carbonyl (C=O) groups excluding carboxylic acids is 1. The van der Waals surface area contributed by atoms with Gasteiger partial charge >= 0.3 is 6.09 Å². The largest absolute Gasteiger partial charge is 0.453 e. The number of aliphatic hydroxyl groups excluding tert-OH is 1. The van der Waals surface area contributed by atoms with Crippen LogP contribution in [0.5, 0.6) is 0 Å². The smallest absolute Gasteiger partial charge is 0.409 e. The van der Waals surface area contributed by atoms with Crippen LogP contribution in [0.25, 0.3) is 0 Å². The number of aliphatic hydroxyl groups is 1. The minimum atomic E-state index is -0.510. The third-order valence-corrected chi connectivity index (χ3v) is 1.02. The first-order valence-electron chi connectivity index (χ1n) is 3.05. The van der Waals surface area contributed by atoms with Crippen molar-refractivity contribution >= 4 is 6.09 Å². The number of carbonyl (C=O) groups is 1. The van der Waals surface area contributed by atoms with Crippen molar-refractivity contribution in [2.75, 3.05) is 20.7 Å². The highest BCUT2D eigenvalue weighted by Crippen LogP contribution is 1.90. The lowest BCUT2D eigenvalue weighted by Gasteiger charge is -2.16. The van der Waals surface area contributed by atoms with Crippen LogP contribution >= 0.6 is 0 Å². The molecule has 0 saturated carbocycles. The maximum atomic E-state index is 10.6. The van der Waals surface area contributed by atoms with Gasteiger partial charge < -0.3 is 14.7 Å². The molecular formula is C6H13NO3. The third kappa shape index (κ3) is 3.29. The van der Waals surface area contributed by atoms with E-state index < -0.39 is 12.2 Å². The summed E-state index contributed by atoms with van der Waals surface area (Å²) in [6.45, 7) is 1.91. The summed E-state index contributed by atoms with van der Waals surface area (Å²) in [5.41, 5.74) is 0. The number of hydrogen-bond donors (Lipinski definition) is 1. The van der Waals surface area contributed by atoms with E-state index in [0.29, 0.717) is 6.54 Å². The van der Waals surface area contributed by atoms with E-state index in [2.05, 4.69) is 4.74 Å². The Morgan fingerprint density at radius 1 is 1.80 bits per heavy atom. The van der Waals surface area contributed by atoms with Crippen LogP contribution in [0.1, 0.15) is 6.92 Å². The second kappa shape index (κ2) is 4.11. The lowest BCUT2D eigenvalue weighted by Crippen LogP contribution is -2.32. The van der Waals surface area contributed by atoms with Crippen molar-refractivity contribution in [3.63, 3.8) is 0 Å². The molecule has 4 heteroatoms. The monoisotopic (exact) mass is 147 g/mol. The molecule has 0 spiro atoms. The number of methoxy groups -OCH3 is 1. The van der Waals surface area contributed by atoms with E-state index in [4.69, 9.17) is 5.11 Å². The molecule has 10 heavy (non-hydrogen) atoms. The zero-order valence-corrected chi connectivity index (χ0v) is 6.50. The van der Waals surface area contributed by atoms with Gasteiger partial charge in [-0.3, -0.25) is 0 Å². The van der Waals surface area contributed by atoms with Gasteiger partial charge in [0.2, 0.25) is 0 Å². The Balaban J connectivity index is 3.61. The summed E-state index contributed by atoms with van der Waals surface area (Å²) in [5.74, 6) is 0. The summed E-state index contributed by atoms with van der Waals surface area (Å²) in [6.07, 6.45) is -0.940. The maximum absolute atomic E-state index is 10.6. The van der Waals surface area contributed by atoms with Crippen LogP contribution in [0.15, 0.2) is 0 Å². The van der Waals surface area contributed by atoms with Gasteiger partial charge in [-0.2, -0.15) is 0 Å². The van der Waals surface area contributed by atoms with Crippen molar-refractivity contribution in [2.24, 2.45) is 0 Å². The average molecular weight is 147 g/mol. The molecule has 1 amide bonds. The van der Waals surface area contributed by atoms with E-state index in [0.717, 1.165) is 0 Å². The van der Waals surface area contributed by atoms with Crippen molar-refractivity contribution in [1.29, 1.82) is 0 Å². The summed E-state index contributed by atoms with van der Waals surface area (Å²) in [7, 11) is 2.87. The zero-order valence-electron chi connectivity index (χ0n) is 6.50. The lowest BCUT2D eigenvalue weighted by atomic mass is 10.4. The number of rotatable bonds is 2. The minimum Gasteiger partial charge on any atom is -0.453 e. The van der Waals surface area contributed by atoms with Crippen molar-refractivity contribution < 1.29 is 14.6 Å². The molecule has 0 aromatic carbocycles. The molecule has 0 fully saturated rings. The molecule has 0 heterocycles. The van der Waals surface area contributed by atoms with Crippen molar-refractivity contribution in [2.45, 2.75) is 13.0 Å². The van der Waals surface area contributed by atoms with E-state index in [1.165, 1.54) is 12.0 Å². The van der Waals surface area contributed by atoms with Crippen LogP contribution in [0.3, 0.4) is 0 Å². The summed E-state index contributed by atoms with van der Waals surface area (Å²) >= 11 is 0. The predicted octanol–water partition coefficient (Wildman–Crippen LogP) is 0.0654. The molecule has 1 unspecified atom stereocenters. The van der Waals surface area contributed by atoms with Gasteiger partial charge in [0.15, 0.2) is 0 Å². The molecule has 0 aromatic heterocycles. The van der Waals surface area contributed by atoms with Gasteiger partial charge in [-0.1, -0.05) is 0 Å². The van der Waals surface area contributed by atoms with Crippen LogP contribution < -0.4 is 0 Å². The molecular weight excluding hydrogens is 134 g/mol. The van der Waals surface area contributed by atoms with Gasteiger partial charge in [0.25, 0.3) is 0 Å². The summed E-state index contributed by atoms with van der Waals surface area (Å²) in [4.78, 5) is 12.0. The van der Waals surface area contributed by atoms with Gasteiger partial charge in [-0.05, 0) is 6.92 Å². The molecule has 0 aliphatic carbocycles. The van der Waals surface area contributed by atoms with E-state index in [1.807, 2.05) is 0 Å². The van der Waals surface area contributed by atoms with Gasteiger partial charge in [-0.25, -0.2) is 4.79 Å². The van der Waals surface area contributed by atoms with E-state index in [-0.39, 0.29) is 0 Å². The highest BCUT2D eigenvalue weighted by molar-refractivity contribution is 5.66. The second-order valence-electron chi connectivity index (χ2n) is 2.20. The lowest BCUT2D eigenvalue weighted by molar-refractivity contribution is 0.103. The molecule has 0 aliphatic rings. The Morgan fingerprint density at radius 3 is 2.60 bits per heavy atom. The van der Waals surface area contributed by atoms with Gasteiger partial charge in [-0.15, -0.1) is 0 Å². The Hall–Kier alpha value is -0.770. The normalized spacial score (nSPS) is 12.4. The standard InChI is InChI=1S/C6H13NO3/c1-5(8)4-7(2)6(9)10-3/h5,8H,4H2,1-3H3. The fraction of sp³-hybridized carbons (Fsp3) is 0.833. The van der Waals surface area contributed by atoms with E-state index in [9.17, 15) is 4.79 Å². The fourth-order valence-corrected chi connectivity index (χ4v) is 0.627. The van der Waals surface area contributed by atoms with Gasteiger partial charge in [0, 0.05) is 13.6 Å². The first-order valence-corrected chi connectivity index (χ1v) is 3.05. The number of nitrogens with zero attached hydrogens (tertiary/aromatic N) is 1. The van der Waals surface area contributed by atoms with Crippen LogP contribution in [-0.2, 0) is 4.74 Å². The van der Waals surface area contributed by atoms with Gasteiger partial charge in [0.1, 0.15) is 0 Å². The van der Waals surface area contributed by atoms with Gasteiger partial charge in [0.05, 0.1) is 13.2 Å². The summed E-state index contributed by atoms with van der Waals surface area (Å²) in [5, 5.41) is 8.82.